The predicted molar refractivity (Wildman–Crippen MR) is 85.5 cm³/mol. The second-order valence-corrected chi connectivity index (χ2v) is 5.24. The summed E-state index contributed by atoms with van der Waals surface area (Å²) in [6, 6.07) is 9.29. The Morgan fingerprint density at radius 2 is 2.26 bits per heavy atom. The molecule has 2 N–H and O–H groups in total. The zero-order valence-electron chi connectivity index (χ0n) is 13.2. The second-order valence-electron chi connectivity index (χ2n) is 5.24. The summed E-state index contributed by atoms with van der Waals surface area (Å²) in [6.07, 6.45) is 3.68. The Labute approximate surface area is 136 Å². The van der Waals surface area contributed by atoms with Crippen LogP contribution in [0.15, 0.2) is 36.0 Å². The Hall–Kier alpha value is -2.52. The van der Waals surface area contributed by atoms with E-state index < -0.39 is 5.91 Å². The largest absolute Gasteiger partial charge is 0.497 e. The van der Waals surface area contributed by atoms with Crippen molar-refractivity contribution in [2.24, 2.45) is 0 Å². The molecule has 1 atom stereocenters. The number of carbonyl (C=O) groups excluding carboxylic acids is 1. The Morgan fingerprint density at radius 3 is 2.87 bits per heavy atom. The van der Waals surface area contributed by atoms with E-state index in [-0.39, 0.29) is 11.7 Å². The average molecular weight is 315 g/mol. The molecule has 1 saturated heterocycles. The molecule has 1 aliphatic heterocycles. The molecule has 6 nitrogen and oxygen atoms in total. The van der Waals surface area contributed by atoms with Crippen LogP contribution in [0.4, 0.5) is 0 Å². The van der Waals surface area contributed by atoms with Crippen molar-refractivity contribution in [3.63, 3.8) is 0 Å². The Bertz CT molecular complexity index is 584. The van der Waals surface area contributed by atoms with Gasteiger partial charge in [0.05, 0.1) is 13.2 Å². The van der Waals surface area contributed by atoms with E-state index in [0.29, 0.717) is 13.1 Å². The first-order valence-electron chi connectivity index (χ1n) is 7.59. The number of ether oxygens (including phenoxy) is 2. The first-order valence-corrected chi connectivity index (χ1v) is 7.59. The third kappa shape index (κ3) is 5.31. The molecule has 1 heterocycles. The smallest absolute Gasteiger partial charge is 0.263 e. The van der Waals surface area contributed by atoms with Gasteiger partial charge in [-0.1, -0.05) is 12.1 Å². The summed E-state index contributed by atoms with van der Waals surface area (Å²) in [6.45, 7) is 1.74. The molecular weight excluding hydrogens is 294 g/mol. The number of rotatable bonds is 7. The summed E-state index contributed by atoms with van der Waals surface area (Å²) in [5.41, 5.74) is 0.986. The van der Waals surface area contributed by atoms with Crippen LogP contribution in [0.3, 0.4) is 0 Å². The van der Waals surface area contributed by atoms with Gasteiger partial charge in [-0.25, -0.2) is 0 Å². The van der Waals surface area contributed by atoms with Gasteiger partial charge in [0.25, 0.3) is 5.91 Å². The van der Waals surface area contributed by atoms with Crippen molar-refractivity contribution >= 4 is 5.91 Å². The summed E-state index contributed by atoms with van der Waals surface area (Å²) < 4.78 is 10.5. The minimum Gasteiger partial charge on any atom is -0.497 e. The van der Waals surface area contributed by atoms with Crippen LogP contribution >= 0.6 is 0 Å². The van der Waals surface area contributed by atoms with Crippen molar-refractivity contribution in [1.82, 2.24) is 10.6 Å². The van der Waals surface area contributed by atoms with Crippen molar-refractivity contribution in [2.75, 3.05) is 20.3 Å². The molecule has 1 amide bonds. The summed E-state index contributed by atoms with van der Waals surface area (Å²) in [5.74, 6) is 0.360. The van der Waals surface area contributed by atoms with E-state index in [9.17, 15) is 4.79 Å². The van der Waals surface area contributed by atoms with Gasteiger partial charge < -0.3 is 20.1 Å². The van der Waals surface area contributed by atoms with Crippen LogP contribution in [-0.2, 0) is 16.1 Å². The second kappa shape index (κ2) is 8.81. The average Bonchev–Trinajstić information content (AvgIpc) is 3.10. The minimum absolute atomic E-state index is 0.0523. The molecule has 2 rings (SSSR count). The summed E-state index contributed by atoms with van der Waals surface area (Å²) in [5, 5.41) is 14.8. The van der Waals surface area contributed by atoms with E-state index >= 15 is 0 Å². The number of nitrogens with one attached hydrogen (secondary N) is 2. The first-order chi connectivity index (χ1) is 11.2. The van der Waals surface area contributed by atoms with Crippen LogP contribution in [-0.4, -0.2) is 32.3 Å². The quantitative estimate of drug-likeness (QED) is 0.588. The lowest BCUT2D eigenvalue weighted by Crippen LogP contribution is -2.27. The fraction of sp³-hybridized carbons (Fsp3) is 0.412. The molecule has 0 aliphatic carbocycles. The summed E-state index contributed by atoms with van der Waals surface area (Å²) in [4.78, 5) is 12.0. The van der Waals surface area contributed by atoms with E-state index in [1.807, 2.05) is 30.3 Å². The van der Waals surface area contributed by atoms with E-state index in [1.165, 1.54) is 6.20 Å². The van der Waals surface area contributed by atoms with Gasteiger partial charge in [-0.15, -0.1) is 0 Å². The third-order valence-corrected chi connectivity index (χ3v) is 3.59. The van der Waals surface area contributed by atoms with E-state index in [4.69, 9.17) is 14.7 Å². The molecule has 23 heavy (non-hydrogen) atoms. The SMILES string of the molecule is COc1ccc(CNC(=O)/C(C#N)=C\NCC2CCCO2)cc1. The molecule has 1 aromatic rings. The summed E-state index contributed by atoms with van der Waals surface area (Å²) in [7, 11) is 1.60. The van der Waals surface area contributed by atoms with E-state index in [0.717, 1.165) is 30.8 Å². The monoisotopic (exact) mass is 315 g/mol. The zero-order valence-corrected chi connectivity index (χ0v) is 13.2. The highest BCUT2D eigenvalue weighted by molar-refractivity contribution is 5.97. The lowest BCUT2D eigenvalue weighted by atomic mass is 10.2. The van der Waals surface area contributed by atoms with Crippen molar-refractivity contribution in [3.8, 4) is 11.8 Å². The number of amides is 1. The van der Waals surface area contributed by atoms with Gasteiger partial charge in [-0.05, 0) is 30.5 Å². The van der Waals surface area contributed by atoms with Crippen LogP contribution in [0.25, 0.3) is 0 Å². The van der Waals surface area contributed by atoms with Crippen LogP contribution in [0.2, 0.25) is 0 Å². The summed E-state index contributed by atoms with van der Waals surface area (Å²) >= 11 is 0. The minimum atomic E-state index is -0.400. The Balaban J connectivity index is 1.80. The lowest BCUT2D eigenvalue weighted by molar-refractivity contribution is -0.117. The van der Waals surface area contributed by atoms with E-state index in [1.54, 1.807) is 7.11 Å². The first kappa shape index (κ1) is 16.8. The molecule has 1 aliphatic rings. The van der Waals surface area contributed by atoms with Crippen LogP contribution in [0.5, 0.6) is 5.75 Å². The highest BCUT2D eigenvalue weighted by Gasteiger charge is 2.14. The number of benzene rings is 1. The Kier molecular flexibility index (Phi) is 6.45. The maximum atomic E-state index is 12.0. The maximum absolute atomic E-state index is 12.0. The van der Waals surface area contributed by atoms with Crippen molar-refractivity contribution < 1.29 is 14.3 Å². The number of hydrogen-bond donors (Lipinski definition) is 2. The van der Waals surface area contributed by atoms with Gasteiger partial charge >= 0.3 is 0 Å². The molecule has 6 heteroatoms. The molecule has 0 saturated carbocycles. The number of nitrogens with zero attached hydrogens (tertiary/aromatic N) is 1. The number of nitriles is 1. The standard InChI is InChI=1S/C17H21N3O3/c1-22-15-6-4-13(5-7-15)10-20-17(21)14(9-18)11-19-12-16-3-2-8-23-16/h4-7,11,16,19H,2-3,8,10,12H2,1H3,(H,20,21)/b14-11-. The third-order valence-electron chi connectivity index (χ3n) is 3.59. The molecule has 0 radical (unpaired) electrons. The van der Waals surface area contributed by atoms with Crippen LogP contribution in [0.1, 0.15) is 18.4 Å². The molecule has 1 fully saturated rings. The number of carbonyl (C=O) groups is 1. The molecule has 1 unspecified atom stereocenters. The zero-order chi connectivity index (χ0) is 16.5. The van der Waals surface area contributed by atoms with Crippen molar-refractivity contribution in [1.29, 1.82) is 5.26 Å². The van der Waals surface area contributed by atoms with Gasteiger partial charge in [-0.3, -0.25) is 4.79 Å². The molecule has 122 valence electrons. The highest BCUT2D eigenvalue weighted by Crippen LogP contribution is 2.11. The predicted octanol–water partition coefficient (Wildman–Crippen LogP) is 1.49. The maximum Gasteiger partial charge on any atom is 0.263 e. The van der Waals surface area contributed by atoms with Crippen molar-refractivity contribution in [2.45, 2.75) is 25.5 Å². The molecular formula is C17H21N3O3. The topological polar surface area (TPSA) is 83.4 Å². The fourth-order valence-electron chi connectivity index (χ4n) is 2.27. The van der Waals surface area contributed by atoms with Gasteiger partial charge in [0.1, 0.15) is 17.4 Å². The van der Waals surface area contributed by atoms with Crippen molar-refractivity contribution in [3.05, 3.63) is 41.6 Å². The molecule has 0 bridgehead atoms. The van der Waals surface area contributed by atoms with Crippen LogP contribution in [0, 0.1) is 11.3 Å². The number of hydrogen-bond acceptors (Lipinski definition) is 5. The van der Waals surface area contributed by atoms with Gasteiger partial charge in [0.15, 0.2) is 0 Å². The normalized spacial score (nSPS) is 17.4. The lowest BCUT2D eigenvalue weighted by Gasteiger charge is -2.09. The van der Waals surface area contributed by atoms with Gasteiger partial charge in [0, 0.05) is 25.9 Å². The number of methoxy groups -OCH3 is 1. The molecule has 1 aromatic carbocycles. The molecule has 0 aromatic heterocycles. The highest BCUT2D eigenvalue weighted by atomic mass is 16.5. The fourth-order valence-corrected chi connectivity index (χ4v) is 2.27. The van der Waals surface area contributed by atoms with E-state index in [2.05, 4.69) is 10.6 Å². The van der Waals surface area contributed by atoms with Gasteiger partial charge in [0.2, 0.25) is 0 Å². The Morgan fingerprint density at radius 1 is 1.48 bits per heavy atom. The van der Waals surface area contributed by atoms with Gasteiger partial charge in [-0.2, -0.15) is 5.26 Å². The molecule has 0 spiro atoms. The van der Waals surface area contributed by atoms with Crippen LogP contribution < -0.4 is 15.4 Å².